The van der Waals surface area contributed by atoms with Gasteiger partial charge in [0.15, 0.2) is 0 Å². The average Bonchev–Trinajstić information content (AvgIpc) is 2.49. The molecule has 0 saturated heterocycles. The van der Waals surface area contributed by atoms with E-state index in [1.54, 1.807) is 7.11 Å². The van der Waals surface area contributed by atoms with Crippen LogP contribution in [0.25, 0.3) is 0 Å². The minimum atomic E-state index is 0.707. The second kappa shape index (κ2) is 8.51. The third-order valence-electron chi connectivity index (χ3n) is 3.07. The van der Waals surface area contributed by atoms with E-state index in [2.05, 4.69) is 24.0 Å². The minimum absolute atomic E-state index is 0.707. The van der Waals surface area contributed by atoms with Gasteiger partial charge in [-0.3, -0.25) is 0 Å². The predicted octanol–water partition coefficient (Wildman–Crippen LogP) is 2.69. The molecule has 1 heterocycles. The number of ether oxygens (including phenoxy) is 2. The summed E-state index contributed by atoms with van der Waals surface area (Å²) in [6.45, 7) is 5.49. The van der Waals surface area contributed by atoms with Gasteiger partial charge in [0.2, 0.25) is 5.90 Å². The van der Waals surface area contributed by atoms with Gasteiger partial charge in [0.1, 0.15) is 5.76 Å². The molecule has 1 N–H and O–H groups in total. The summed E-state index contributed by atoms with van der Waals surface area (Å²) in [4.78, 5) is 4.50. The lowest BCUT2D eigenvalue weighted by molar-refractivity contribution is 0.200. The van der Waals surface area contributed by atoms with Crippen LogP contribution >= 0.6 is 0 Å². The molecule has 0 fully saturated rings. The van der Waals surface area contributed by atoms with Crippen molar-refractivity contribution in [2.24, 2.45) is 4.99 Å². The Morgan fingerprint density at radius 1 is 1.20 bits per heavy atom. The predicted molar refractivity (Wildman–Crippen MR) is 81.0 cm³/mol. The highest BCUT2D eigenvalue weighted by atomic mass is 16.5. The van der Waals surface area contributed by atoms with Crippen LogP contribution in [-0.4, -0.2) is 38.4 Å². The molecule has 1 aliphatic heterocycles. The molecule has 2 rings (SSSR count). The molecule has 0 bridgehead atoms. The number of hydrogen-bond donors (Lipinski definition) is 1. The van der Waals surface area contributed by atoms with Crippen molar-refractivity contribution in [2.75, 3.05) is 27.4 Å². The first-order valence-corrected chi connectivity index (χ1v) is 6.62. The number of allylic oxidation sites excluding steroid dienone is 1. The van der Waals surface area contributed by atoms with Gasteiger partial charge in [-0.2, -0.15) is 0 Å². The topological polar surface area (TPSA) is 51.0 Å². The molecular weight excluding hydrogens is 254 g/mol. The average molecular weight is 277 g/mol. The molecule has 1 aromatic carbocycles. The summed E-state index contributed by atoms with van der Waals surface area (Å²) < 4.78 is 10.9. The molecule has 0 saturated carbocycles. The molecule has 0 aromatic heterocycles. The summed E-state index contributed by atoms with van der Waals surface area (Å²) >= 11 is 0. The van der Waals surface area contributed by atoms with E-state index < -0.39 is 0 Å². The minimum Gasteiger partial charge on any atom is -0.443 e. The van der Waals surface area contributed by atoms with E-state index in [0.717, 1.165) is 24.9 Å². The maximum atomic E-state index is 7.00. The molecular formula is C16H23NO3. The standard InChI is InChI=1S/C15H19NO2.CH4O/c1-11-4-6-13(7-5-11)15-16-10-14(8-9-17-3)12(2)18-15;1-2/h4-7H,8-10H2,1-3H3;2H,1H3. The molecule has 0 atom stereocenters. The Hall–Kier alpha value is -1.65. The van der Waals surface area contributed by atoms with Crippen molar-refractivity contribution in [1.82, 2.24) is 0 Å². The highest BCUT2D eigenvalue weighted by Gasteiger charge is 2.15. The molecule has 4 heteroatoms. The third kappa shape index (κ3) is 4.47. The molecule has 0 aliphatic carbocycles. The maximum Gasteiger partial charge on any atom is 0.221 e. The Balaban J connectivity index is 0.000000956. The number of hydrogen-bond acceptors (Lipinski definition) is 4. The van der Waals surface area contributed by atoms with Crippen molar-refractivity contribution < 1.29 is 14.6 Å². The van der Waals surface area contributed by atoms with Crippen LogP contribution in [0.4, 0.5) is 0 Å². The lowest BCUT2D eigenvalue weighted by Crippen LogP contribution is -2.15. The summed E-state index contributed by atoms with van der Waals surface area (Å²) in [7, 11) is 2.71. The highest BCUT2D eigenvalue weighted by molar-refractivity contribution is 5.95. The van der Waals surface area contributed by atoms with Gasteiger partial charge in [-0.15, -0.1) is 0 Å². The van der Waals surface area contributed by atoms with Crippen LogP contribution in [0.2, 0.25) is 0 Å². The molecule has 0 radical (unpaired) electrons. The van der Waals surface area contributed by atoms with Crippen molar-refractivity contribution in [3.05, 3.63) is 46.7 Å². The lowest BCUT2D eigenvalue weighted by Gasteiger charge is -2.18. The normalized spacial score (nSPS) is 14.2. The van der Waals surface area contributed by atoms with Gasteiger partial charge in [-0.05, 0) is 38.0 Å². The molecule has 0 amide bonds. The first kappa shape index (κ1) is 16.4. The summed E-state index contributed by atoms with van der Waals surface area (Å²) in [5.74, 6) is 1.67. The van der Waals surface area contributed by atoms with E-state index >= 15 is 0 Å². The summed E-state index contributed by atoms with van der Waals surface area (Å²) in [5, 5.41) is 7.00. The molecule has 4 nitrogen and oxygen atoms in total. The number of benzene rings is 1. The third-order valence-corrected chi connectivity index (χ3v) is 3.07. The molecule has 1 aromatic rings. The van der Waals surface area contributed by atoms with Crippen molar-refractivity contribution in [2.45, 2.75) is 20.3 Å². The van der Waals surface area contributed by atoms with E-state index in [4.69, 9.17) is 14.6 Å². The zero-order chi connectivity index (χ0) is 15.0. The first-order valence-electron chi connectivity index (χ1n) is 6.62. The van der Waals surface area contributed by atoms with Crippen molar-refractivity contribution in [3.63, 3.8) is 0 Å². The molecule has 20 heavy (non-hydrogen) atoms. The van der Waals surface area contributed by atoms with Gasteiger partial charge in [0.05, 0.1) is 13.2 Å². The highest BCUT2D eigenvalue weighted by Crippen LogP contribution is 2.19. The van der Waals surface area contributed by atoms with E-state index in [-0.39, 0.29) is 0 Å². The smallest absolute Gasteiger partial charge is 0.221 e. The fraction of sp³-hybridized carbons (Fsp3) is 0.438. The maximum absolute atomic E-state index is 7.00. The molecule has 0 spiro atoms. The lowest BCUT2D eigenvalue weighted by atomic mass is 10.1. The monoisotopic (exact) mass is 277 g/mol. The first-order chi connectivity index (χ1) is 9.70. The molecule has 0 unspecified atom stereocenters. The Labute approximate surface area is 120 Å². The number of aliphatic hydroxyl groups excluding tert-OH is 1. The van der Waals surface area contributed by atoms with Gasteiger partial charge in [-0.1, -0.05) is 17.7 Å². The van der Waals surface area contributed by atoms with Crippen molar-refractivity contribution in [3.8, 4) is 0 Å². The number of aliphatic imine (C=N–C) groups is 1. The van der Waals surface area contributed by atoms with Crippen LogP contribution in [-0.2, 0) is 9.47 Å². The number of aryl methyl sites for hydroxylation is 1. The number of methoxy groups -OCH3 is 1. The van der Waals surface area contributed by atoms with Gasteiger partial charge in [0, 0.05) is 19.8 Å². The van der Waals surface area contributed by atoms with Crippen LogP contribution in [0, 0.1) is 6.92 Å². The van der Waals surface area contributed by atoms with Crippen LogP contribution in [0.5, 0.6) is 0 Å². The Kier molecular flexibility index (Phi) is 6.98. The SMILES string of the molecule is CO.COCCC1=C(C)OC(c2ccc(C)cc2)=NC1. The fourth-order valence-corrected chi connectivity index (χ4v) is 1.85. The molecule has 110 valence electrons. The van der Waals surface area contributed by atoms with E-state index in [0.29, 0.717) is 19.0 Å². The number of rotatable bonds is 4. The summed E-state index contributed by atoms with van der Waals surface area (Å²) in [6, 6.07) is 8.23. The second-order valence-electron chi connectivity index (χ2n) is 4.49. The van der Waals surface area contributed by atoms with E-state index in [9.17, 15) is 0 Å². The van der Waals surface area contributed by atoms with Gasteiger partial charge in [0.25, 0.3) is 0 Å². The Morgan fingerprint density at radius 3 is 2.40 bits per heavy atom. The van der Waals surface area contributed by atoms with E-state index in [1.165, 1.54) is 11.1 Å². The van der Waals surface area contributed by atoms with Gasteiger partial charge in [-0.25, -0.2) is 4.99 Å². The van der Waals surface area contributed by atoms with Crippen molar-refractivity contribution >= 4 is 5.90 Å². The van der Waals surface area contributed by atoms with Crippen molar-refractivity contribution in [1.29, 1.82) is 0 Å². The van der Waals surface area contributed by atoms with Crippen LogP contribution in [0.3, 0.4) is 0 Å². The quantitative estimate of drug-likeness (QED) is 0.920. The van der Waals surface area contributed by atoms with Crippen LogP contribution in [0.15, 0.2) is 40.6 Å². The van der Waals surface area contributed by atoms with Crippen LogP contribution < -0.4 is 0 Å². The van der Waals surface area contributed by atoms with E-state index in [1.807, 2.05) is 19.1 Å². The Bertz CT molecular complexity index is 475. The van der Waals surface area contributed by atoms with Gasteiger partial charge >= 0.3 is 0 Å². The van der Waals surface area contributed by atoms with Crippen LogP contribution in [0.1, 0.15) is 24.5 Å². The summed E-state index contributed by atoms with van der Waals surface area (Å²) in [5.41, 5.74) is 3.49. The Morgan fingerprint density at radius 2 is 1.85 bits per heavy atom. The number of aliphatic hydroxyl groups is 1. The summed E-state index contributed by atoms with van der Waals surface area (Å²) in [6.07, 6.45) is 0.882. The second-order valence-corrected chi connectivity index (χ2v) is 4.49. The fourth-order valence-electron chi connectivity index (χ4n) is 1.85. The zero-order valence-electron chi connectivity index (χ0n) is 12.6. The largest absolute Gasteiger partial charge is 0.443 e. The molecule has 1 aliphatic rings. The zero-order valence-corrected chi connectivity index (χ0v) is 12.6. The number of nitrogens with zero attached hydrogens (tertiary/aromatic N) is 1. The van der Waals surface area contributed by atoms with Gasteiger partial charge < -0.3 is 14.6 Å².